The molecule has 2 aromatic rings. The number of aromatic nitrogens is 1. The van der Waals surface area contributed by atoms with Crippen LogP contribution < -0.4 is 9.47 Å². The summed E-state index contributed by atoms with van der Waals surface area (Å²) in [6.45, 7) is 4.44. The van der Waals surface area contributed by atoms with Crippen LogP contribution in [0.2, 0.25) is 5.02 Å². The highest BCUT2D eigenvalue weighted by Crippen LogP contribution is 2.41. The fraction of sp³-hybridized carbons (Fsp3) is 0.471. The van der Waals surface area contributed by atoms with Crippen molar-refractivity contribution in [3.05, 3.63) is 28.6 Å². The van der Waals surface area contributed by atoms with E-state index < -0.39 is 0 Å². The Kier molecular flexibility index (Phi) is 4.12. The van der Waals surface area contributed by atoms with Crippen molar-refractivity contribution in [2.45, 2.75) is 25.9 Å². The number of halogens is 1. The van der Waals surface area contributed by atoms with Crippen molar-refractivity contribution in [2.24, 2.45) is 0 Å². The highest BCUT2D eigenvalue weighted by atomic mass is 35.5. The molecule has 0 spiro atoms. The van der Waals surface area contributed by atoms with Gasteiger partial charge in [0.1, 0.15) is 5.76 Å². The number of nitrogens with zero attached hydrogens (tertiary/aromatic N) is 2. The highest BCUT2D eigenvalue weighted by molar-refractivity contribution is 6.33. The summed E-state index contributed by atoms with van der Waals surface area (Å²) in [6.07, 6.45) is 1.05. The zero-order chi connectivity index (χ0) is 16.7. The van der Waals surface area contributed by atoms with Gasteiger partial charge in [-0.15, -0.1) is 0 Å². The summed E-state index contributed by atoms with van der Waals surface area (Å²) >= 11 is 6.35. The molecule has 3 heterocycles. The van der Waals surface area contributed by atoms with Gasteiger partial charge in [0.05, 0.1) is 22.9 Å². The SMILES string of the molecule is Cc1oc(-c2cc3c(cc2Cl)OCO3)nc1CN(C)C1CCOC1. The molecule has 0 radical (unpaired) electrons. The topological polar surface area (TPSA) is 57.0 Å². The second-order valence-electron chi connectivity index (χ2n) is 6.14. The van der Waals surface area contributed by atoms with Gasteiger partial charge in [0.2, 0.25) is 12.7 Å². The first-order chi connectivity index (χ1) is 11.6. The molecule has 2 aliphatic rings. The lowest BCUT2D eigenvalue weighted by Gasteiger charge is -2.21. The Morgan fingerprint density at radius 1 is 1.29 bits per heavy atom. The van der Waals surface area contributed by atoms with Crippen LogP contribution in [0, 0.1) is 6.92 Å². The van der Waals surface area contributed by atoms with Crippen LogP contribution in [0.15, 0.2) is 16.5 Å². The van der Waals surface area contributed by atoms with E-state index in [1.807, 2.05) is 13.0 Å². The molecule has 1 saturated heterocycles. The van der Waals surface area contributed by atoms with Gasteiger partial charge < -0.3 is 18.6 Å². The van der Waals surface area contributed by atoms with E-state index in [-0.39, 0.29) is 6.79 Å². The first kappa shape index (κ1) is 15.7. The molecule has 1 aromatic carbocycles. The lowest BCUT2D eigenvalue weighted by atomic mass is 10.2. The Balaban J connectivity index is 1.59. The Bertz CT molecular complexity index is 755. The number of hydrogen-bond acceptors (Lipinski definition) is 6. The quantitative estimate of drug-likeness (QED) is 0.843. The van der Waals surface area contributed by atoms with Crippen LogP contribution in [0.25, 0.3) is 11.5 Å². The predicted octanol–water partition coefficient (Wildman–Crippen LogP) is 3.25. The summed E-state index contributed by atoms with van der Waals surface area (Å²) in [5.74, 6) is 2.60. The summed E-state index contributed by atoms with van der Waals surface area (Å²) in [4.78, 5) is 6.90. The van der Waals surface area contributed by atoms with Crippen molar-refractivity contribution in [3.63, 3.8) is 0 Å². The van der Waals surface area contributed by atoms with Crippen LogP contribution in [-0.4, -0.2) is 43.0 Å². The molecule has 1 atom stereocenters. The lowest BCUT2D eigenvalue weighted by molar-refractivity contribution is 0.155. The van der Waals surface area contributed by atoms with Crippen molar-refractivity contribution < 1.29 is 18.6 Å². The fourth-order valence-corrected chi connectivity index (χ4v) is 3.24. The second kappa shape index (κ2) is 6.27. The van der Waals surface area contributed by atoms with Crippen molar-refractivity contribution in [3.8, 4) is 23.0 Å². The minimum absolute atomic E-state index is 0.208. The van der Waals surface area contributed by atoms with E-state index in [1.165, 1.54) is 0 Å². The Morgan fingerprint density at radius 2 is 2.08 bits per heavy atom. The monoisotopic (exact) mass is 350 g/mol. The van der Waals surface area contributed by atoms with Gasteiger partial charge in [-0.05, 0) is 26.5 Å². The van der Waals surface area contributed by atoms with Gasteiger partial charge in [-0.2, -0.15) is 0 Å². The van der Waals surface area contributed by atoms with Crippen LogP contribution in [0.1, 0.15) is 17.9 Å². The van der Waals surface area contributed by atoms with Gasteiger partial charge in [-0.25, -0.2) is 4.98 Å². The molecular formula is C17H19ClN2O4. The van der Waals surface area contributed by atoms with Gasteiger partial charge in [-0.1, -0.05) is 11.6 Å². The van der Waals surface area contributed by atoms with Crippen LogP contribution in [-0.2, 0) is 11.3 Å². The molecule has 7 heteroatoms. The Hall–Kier alpha value is -1.76. The number of rotatable bonds is 4. The van der Waals surface area contributed by atoms with Gasteiger partial charge in [0.25, 0.3) is 0 Å². The van der Waals surface area contributed by atoms with Crippen molar-refractivity contribution >= 4 is 11.6 Å². The number of benzene rings is 1. The normalized spacial score (nSPS) is 19.4. The lowest BCUT2D eigenvalue weighted by Crippen LogP contribution is -2.31. The first-order valence-corrected chi connectivity index (χ1v) is 8.33. The third kappa shape index (κ3) is 2.85. The molecule has 0 saturated carbocycles. The highest BCUT2D eigenvalue weighted by Gasteiger charge is 2.24. The minimum Gasteiger partial charge on any atom is -0.454 e. The maximum absolute atomic E-state index is 6.35. The number of likely N-dealkylation sites (N-methyl/N-ethyl adjacent to an activating group) is 1. The van der Waals surface area contributed by atoms with E-state index in [0.717, 1.165) is 31.1 Å². The number of aryl methyl sites for hydroxylation is 1. The summed E-state index contributed by atoms with van der Waals surface area (Å²) in [5.41, 5.74) is 1.62. The molecule has 4 rings (SSSR count). The van der Waals surface area contributed by atoms with Crippen LogP contribution in [0.4, 0.5) is 0 Å². The average molecular weight is 351 g/mol. The predicted molar refractivity (Wildman–Crippen MR) is 88.5 cm³/mol. The third-order valence-corrected chi connectivity index (χ3v) is 4.83. The van der Waals surface area contributed by atoms with Crippen molar-refractivity contribution in [1.29, 1.82) is 0 Å². The van der Waals surface area contributed by atoms with E-state index in [9.17, 15) is 0 Å². The molecular weight excluding hydrogens is 332 g/mol. The van der Waals surface area contributed by atoms with Crippen LogP contribution >= 0.6 is 11.6 Å². The van der Waals surface area contributed by atoms with Crippen molar-refractivity contribution in [2.75, 3.05) is 27.1 Å². The Morgan fingerprint density at radius 3 is 2.83 bits per heavy atom. The minimum atomic E-state index is 0.208. The molecule has 0 bridgehead atoms. The summed E-state index contributed by atoms with van der Waals surface area (Å²) < 4.78 is 22.1. The summed E-state index contributed by atoms with van der Waals surface area (Å²) in [6, 6.07) is 3.98. The number of ether oxygens (including phenoxy) is 3. The molecule has 128 valence electrons. The van der Waals surface area contributed by atoms with Gasteiger partial charge in [0, 0.05) is 25.3 Å². The third-order valence-electron chi connectivity index (χ3n) is 4.51. The molecule has 6 nitrogen and oxygen atoms in total. The van der Waals surface area contributed by atoms with E-state index in [1.54, 1.807) is 6.07 Å². The molecule has 2 aliphatic heterocycles. The average Bonchev–Trinajstić information content (AvgIpc) is 3.27. The van der Waals surface area contributed by atoms with Gasteiger partial charge >= 0.3 is 0 Å². The summed E-state index contributed by atoms with van der Waals surface area (Å²) in [7, 11) is 2.08. The molecule has 1 fully saturated rings. The zero-order valence-electron chi connectivity index (χ0n) is 13.7. The molecule has 0 amide bonds. The van der Waals surface area contributed by atoms with Gasteiger partial charge in [-0.3, -0.25) is 4.90 Å². The largest absolute Gasteiger partial charge is 0.454 e. The van der Waals surface area contributed by atoms with Crippen LogP contribution in [0.5, 0.6) is 11.5 Å². The fourth-order valence-electron chi connectivity index (χ4n) is 3.01. The number of oxazole rings is 1. The Labute approximate surface area is 145 Å². The maximum atomic E-state index is 6.35. The number of fused-ring (bicyclic) bond motifs is 1. The standard InChI is InChI=1S/C17H19ClN2O4/c1-10-14(7-20(2)11-3-4-21-8-11)19-17(24-10)12-5-15-16(6-13(12)18)23-9-22-15/h5-6,11H,3-4,7-9H2,1-2H3. The molecule has 1 unspecified atom stereocenters. The van der Waals surface area contributed by atoms with E-state index in [4.69, 9.17) is 30.2 Å². The van der Waals surface area contributed by atoms with E-state index in [2.05, 4.69) is 16.9 Å². The second-order valence-corrected chi connectivity index (χ2v) is 6.55. The van der Waals surface area contributed by atoms with Crippen molar-refractivity contribution in [1.82, 2.24) is 9.88 Å². The van der Waals surface area contributed by atoms with E-state index >= 15 is 0 Å². The first-order valence-electron chi connectivity index (χ1n) is 7.95. The maximum Gasteiger partial charge on any atom is 0.231 e. The number of hydrogen-bond donors (Lipinski definition) is 0. The molecule has 0 aliphatic carbocycles. The summed E-state index contributed by atoms with van der Waals surface area (Å²) in [5, 5.41) is 0.532. The smallest absolute Gasteiger partial charge is 0.231 e. The molecule has 1 aromatic heterocycles. The van der Waals surface area contributed by atoms with Gasteiger partial charge in [0.15, 0.2) is 11.5 Å². The zero-order valence-corrected chi connectivity index (χ0v) is 14.4. The molecule has 0 N–H and O–H groups in total. The van der Waals surface area contributed by atoms with Crippen LogP contribution in [0.3, 0.4) is 0 Å². The van der Waals surface area contributed by atoms with E-state index in [0.29, 0.717) is 40.6 Å². The molecule has 24 heavy (non-hydrogen) atoms.